The Morgan fingerprint density at radius 2 is 1.65 bits per heavy atom. The lowest BCUT2D eigenvalue weighted by Gasteiger charge is -2.05. The van der Waals surface area contributed by atoms with Crippen molar-refractivity contribution in [3.05, 3.63) is 48.5 Å². The molecule has 0 atom stereocenters. The van der Waals surface area contributed by atoms with Crippen LogP contribution in [0.2, 0.25) is 0 Å². The van der Waals surface area contributed by atoms with E-state index in [4.69, 9.17) is 18.6 Å². The number of thioether (sulfide) groups is 1. The summed E-state index contributed by atoms with van der Waals surface area (Å²) in [7, 11) is 3.20. The third-order valence-electron chi connectivity index (χ3n) is 3.53. The predicted molar refractivity (Wildman–Crippen MR) is 100 cm³/mol. The standard InChI is InChI=1S/C19H20N2O4S/c1-22-16-11-14(12-17(13-16)23-2)18-20-21-19(25-18)26-10-6-9-24-15-7-4-3-5-8-15/h3-5,7-8,11-13H,6,9-10H2,1-2H3. The van der Waals surface area contributed by atoms with Gasteiger partial charge in [-0.25, -0.2) is 0 Å². The monoisotopic (exact) mass is 372 g/mol. The predicted octanol–water partition coefficient (Wildman–Crippen LogP) is 4.32. The van der Waals surface area contributed by atoms with Gasteiger partial charge in [-0.05, 0) is 30.7 Å². The molecule has 0 unspecified atom stereocenters. The summed E-state index contributed by atoms with van der Waals surface area (Å²) >= 11 is 1.51. The van der Waals surface area contributed by atoms with Crippen molar-refractivity contribution < 1.29 is 18.6 Å². The second-order valence-corrected chi connectivity index (χ2v) is 6.38. The highest BCUT2D eigenvalue weighted by molar-refractivity contribution is 7.99. The summed E-state index contributed by atoms with van der Waals surface area (Å²) in [5, 5.41) is 8.72. The smallest absolute Gasteiger partial charge is 0.276 e. The Balaban J connectivity index is 1.52. The first-order chi connectivity index (χ1) is 12.8. The summed E-state index contributed by atoms with van der Waals surface area (Å²) in [5.41, 5.74) is 0.757. The Morgan fingerprint density at radius 3 is 2.35 bits per heavy atom. The molecule has 0 aliphatic rings. The van der Waals surface area contributed by atoms with Gasteiger partial charge in [-0.2, -0.15) is 0 Å². The molecule has 0 aliphatic heterocycles. The molecule has 1 heterocycles. The molecule has 136 valence electrons. The molecule has 1 aromatic heterocycles. The van der Waals surface area contributed by atoms with E-state index in [1.54, 1.807) is 20.3 Å². The fraction of sp³-hybridized carbons (Fsp3) is 0.263. The van der Waals surface area contributed by atoms with Crippen LogP contribution >= 0.6 is 11.8 Å². The summed E-state index contributed by atoms with van der Waals surface area (Å²) in [6.07, 6.45) is 0.879. The molecule has 2 aromatic carbocycles. The molecule has 0 amide bonds. The van der Waals surface area contributed by atoms with Crippen molar-refractivity contribution in [3.63, 3.8) is 0 Å². The van der Waals surface area contributed by atoms with Crippen molar-refractivity contribution in [2.45, 2.75) is 11.6 Å². The van der Waals surface area contributed by atoms with E-state index in [9.17, 15) is 0 Å². The molecule has 3 aromatic rings. The summed E-state index contributed by atoms with van der Waals surface area (Å²) < 4.78 is 21.9. The van der Waals surface area contributed by atoms with E-state index in [2.05, 4.69) is 10.2 Å². The van der Waals surface area contributed by atoms with Gasteiger partial charge in [-0.3, -0.25) is 0 Å². The average molecular weight is 372 g/mol. The SMILES string of the molecule is COc1cc(OC)cc(-c2nnc(SCCCOc3ccccc3)o2)c1. The third-order valence-corrected chi connectivity index (χ3v) is 4.44. The number of hydrogen-bond donors (Lipinski definition) is 0. The zero-order valence-electron chi connectivity index (χ0n) is 14.7. The first-order valence-electron chi connectivity index (χ1n) is 8.16. The van der Waals surface area contributed by atoms with Gasteiger partial charge >= 0.3 is 0 Å². The summed E-state index contributed by atoms with van der Waals surface area (Å²) in [5.74, 6) is 3.49. The van der Waals surface area contributed by atoms with Crippen LogP contribution in [0, 0.1) is 0 Å². The lowest BCUT2D eigenvalue weighted by molar-refractivity contribution is 0.318. The van der Waals surface area contributed by atoms with Crippen LogP contribution < -0.4 is 14.2 Å². The number of ether oxygens (including phenoxy) is 3. The van der Waals surface area contributed by atoms with E-state index in [1.165, 1.54) is 11.8 Å². The number of benzene rings is 2. The summed E-state index contributed by atoms with van der Waals surface area (Å²) in [4.78, 5) is 0. The Hall–Kier alpha value is -2.67. The molecule has 3 rings (SSSR count). The first-order valence-corrected chi connectivity index (χ1v) is 9.14. The van der Waals surface area contributed by atoms with Crippen LogP contribution in [0.25, 0.3) is 11.5 Å². The Kier molecular flexibility index (Phi) is 6.38. The number of rotatable bonds is 9. The van der Waals surface area contributed by atoms with Crippen LogP contribution in [-0.2, 0) is 0 Å². The average Bonchev–Trinajstić information content (AvgIpc) is 3.17. The molecule has 6 nitrogen and oxygen atoms in total. The minimum Gasteiger partial charge on any atom is -0.497 e. The minimum atomic E-state index is 0.435. The van der Waals surface area contributed by atoms with Crippen LogP contribution in [0.4, 0.5) is 0 Å². The maximum atomic E-state index is 5.72. The lowest BCUT2D eigenvalue weighted by Crippen LogP contribution is -1.98. The van der Waals surface area contributed by atoms with Crippen LogP contribution in [0.3, 0.4) is 0 Å². The molecule has 0 saturated carbocycles. The molecular weight excluding hydrogens is 352 g/mol. The van der Waals surface area contributed by atoms with Crippen molar-refractivity contribution in [3.8, 4) is 28.7 Å². The van der Waals surface area contributed by atoms with Crippen LogP contribution in [-0.4, -0.2) is 36.8 Å². The molecule has 0 bridgehead atoms. The molecule has 0 spiro atoms. The lowest BCUT2D eigenvalue weighted by atomic mass is 10.2. The van der Waals surface area contributed by atoms with Gasteiger partial charge in [0.1, 0.15) is 17.2 Å². The molecular formula is C19H20N2O4S. The maximum absolute atomic E-state index is 5.72. The zero-order chi connectivity index (χ0) is 18.2. The van der Waals surface area contributed by atoms with Gasteiger partial charge in [-0.1, -0.05) is 30.0 Å². The largest absolute Gasteiger partial charge is 0.497 e. The molecule has 0 N–H and O–H groups in total. The van der Waals surface area contributed by atoms with E-state index in [1.807, 2.05) is 42.5 Å². The normalized spacial score (nSPS) is 10.5. The highest BCUT2D eigenvalue weighted by Gasteiger charge is 2.12. The number of nitrogens with zero attached hydrogens (tertiary/aromatic N) is 2. The number of methoxy groups -OCH3 is 2. The molecule has 0 saturated heterocycles. The van der Waals surface area contributed by atoms with Crippen molar-refractivity contribution in [2.24, 2.45) is 0 Å². The molecule has 0 aliphatic carbocycles. The topological polar surface area (TPSA) is 66.6 Å². The van der Waals surface area contributed by atoms with Gasteiger partial charge in [-0.15, -0.1) is 10.2 Å². The quantitative estimate of drug-likeness (QED) is 0.409. The third kappa shape index (κ3) is 4.92. The number of para-hydroxylation sites is 1. The summed E-state index contributed by atoms with van der Waals surface area (Å²) in [6, 6.07) is 15.2. The van der Waals surface area contributed by atoms with Gasteiger partial charge in [0, 0.05) is 17.4 Å². The van der Waals surface area contributed by atoms with Crippen molar-refractivity contribution in [2.75, 3.05) is 26.6 Å². The highest BCUT2D eigenvalue weighted by Crippen LogP contribution is 2.30. The maximum Gasteiger partial charge on any atom is 0.276 e. The van der Waals surface area contributed by atoms with Gasteiger partial charge in [0.2, 0.25) is 5.89 Å². The number of aromatic nitrogens is 2. The van der Waals surface area contributed by atoms with Crippen molar-refractivity contribution >= 4 is 11.8 Å². The second kappa shape index (κ2) is 9.15. The van der Waals surface area contributed by atoms with Crippen LogP contribution in [0.15, 0.2) is 58.2 Å². The molecule has 0 fully saturated rings. The van der Waals surface area contributed by atoms with Gasteiger partial charge in [0.05, 0.1) is 20.8 Å². The minimum absolute atomic E-state index is 0.435. The fourth-order valence-electron chi connectivity index (χ4n) is 2.24. The summed E-state index contributed by atoms with van der Waals surface area (Å²) in [6.45, 7) is 0.644. The van der Waals surface area contributed by atoms with Crippen molar-refractivity contribution in [1.29, 1.82) is 0 Å². The van der Waals surface area contributed by atoms with Crippen LogP contribution in [0.5, 0.6) is 17.2 Å². The van der Waals surface area contributed by atoms with Gasteiger partial charge in [0.25, 0.3) is 5.22 Å². The van der Waals surface area contributed by atoms with E-state index in [0.29, 0.717) is 29.2 Å². The van der Waals surface area contributed by atoms with Gasteiger partial charge in [0.15, 0.2) is 0 Å². The molecule has 7 heteroatoms. The Bertz CT molecular complexity index is 801. The van der Waals surface area contributed by atoms with E-state index in [-0.39, 0.29) is 0 Å². The van der Waals surface area contributed by atoms with Crippen LogP contribution in [0.1, 0.15) is 6.42 Å². The molecule has 26 heavy (non-hydrogen) atoms. The van der Waals surface area contributed by atoms with Crippen molar-refractivity contribution in [1.82, 2.24) is 10.2 Å². The molecule has 0 radical (unpaired) electrons. The van der Waals surface area contributed by atoms with Gasteiger partial charge < -0.3 is 18.6 Å². The first kappa shape index (κ1) is 18.1. The van der Waals surface area contributed by atoms with E-state index >= 15 is 0 Å². The Labute approximate surface area is 156 Å². The zero-order valence-corrected chi connectivity index (χ0v) is 15.5. The Morgan fingerprint density at radius 1 is 0.923 bits per heavy atom. The number of hydrogen-bond acceptors (Lipinski definition) is 7. The highest BCUT2D eigenvalue weighted by atomic mass is 32.2. The van der Waals surface area contributed by atoms with E-state index < -0.39 is 0 Å². The second-order valence-electron chi connectivity index (χ2n) is 5.34. The fourth-order valence-corrected chi connectivity index (χ4v) is 2.91. The van der Waals surface area contributed by atoms with E-state index in [0.717, 1.165) is 23.5 Å².